The molecule has 1 aliphatic heterocycles. The van der Waals surface area contributed by atoms with E-state index in [1.54, 1.807) is 12.3 Å². The highest BCUT2D eigenvalue weighted by molar-refractivity contribution is 6.30. The fourth-order valence-corrected chi connectivity index (χ4v) is 2.86. The summed E-state index contributed by atoms with van der Waals surface area (Å²) in [5.41, 5.74) is 2.77. The zero-order valence-electron chi connectivity index (χ0n) is 12.8. The summed E-state index contributed by atoms with van der Waals surface area (Å²) < 4.78 is 5.67. The van der Waals surface area contributed by atoms with Crippen LogP contribution in [0.25, 0.3) is 0 Å². The van der Waals surface area contributed by atoms with E-state index in [9.17, 15) is 4.79 Å². The molecule has 0 spiro atoms. The smallest absolute Gasteiger partial charge is 0.141 e. The number of pyridine rings is 1. The van der Waals surface area contributed by atoms with Crippen molar-refractivity contribution in [3.63, 3.8) is 0 Å². The van der Waals surface area contributed by atoms with Crippen molar-refractivity contribution in [1.82, 2.24) is 10.3 Å². The van der Waals surface area contributed by atoms with Crippen molar-refractivity contribution in [2.24, 2.45) is 0 Å². The molecule has 4 nitrogen and oxygen atoms in total. The van der Waals surface area contributed by atoms with E-state index in [1.807, 2.05) is 30.3 Å². The molecule has 3 rings (SSSR count). The van der Waals surface area contributed by atoms with Gasteiger partial charge in [-0.2, -0.15) is 0 Å². The van der Waals surface area contributed by atoms with Crippen LogP contribution in [0.1, 0.15) is 22.9 Å². The number of Topliss-reactive ketones (excluding diaryl/α,β-unsaturated/α-hetero) is 1. The van der Waals surface area contributed by atoms with Crippen molar-refractivity contribution in [2.45, 2.75) is 18.9 Å². The van der Waals surface area contributed by atoms with Gasteiger partial charge in [-0.15, -0.1) is 0 Å². The first kappa shape index (κ1) is 16.1. The van der Waals surface area contributed by atoms with E-state index >= 15 is 0 Å². The maximum Gasteiger partial charge on any atom is 0.141 e. The van der Waals surface area contributed by atoms with E-state index in [-0.39, 0.29) is 11.9 Å². The van der Waals surface area contributed by atoms with E-state index < -0.39 is 0 Å². The normalized spacial score (nSPS) is 17.9. The Kier molecular flexibility index (Phi) is 5.39. The van der Waals surface area contributed by atoms with Crippen LogP contribution in [0.3, 0.4) is 0 Å². The molecule has 5 heteroatoms. The molecular formula is C18H19ClN2O2. The number of rotatable bonds is 5. The molecule has 1 aliphatic rings. The predicted octanol–water partition coefficient (Wildman–Crippen LogP) is 2.75. The number of carbonyl (C=O) groups is 1. The molecule has 0 saturated carbocycles. The number of benzene rings is 1. The topological polar surface area (TPSA) is 51.2 Å². The lowest BCUT2D eigenvalue weighted by Crippen LogP contribution is -2.33. The lowest BCUT2D eigenvalue weighted by Gasteiger charge is -2.23. The van der Waals surface area contributed by atoms with Gasteiger partial charge in [0.05, 0.1) is 12.3 Å². The minimum Gasteiger partial charge on any atom is -0.369 e. The van der Waals surface area contributed by atoms with Gasteiger partial charge in [0.15, 0.2) is 0 Å². The van der Waals surface area contributed by atoms with Gasteiger partial charge in [0.1, 0.15) is 11.9 Å². The number of nitrogens with one attached hydrogen (secondary N) is 1. The molecular weight excluding hydrogens is 312 g/mol. The van der Waals surface area contributed by atoms with E-state index in [1.165, 1.54) is 0 Å². The fourth-order valence-electron chi connectivity index (χ4n) is 2.65. The molecule has 1 atom stereocenters. The second-order valence-corrected chi connectivity index (χ2v) is 6.11. The third-order valence-electron chi connectivity index (χ3n) is 3.80. The summed E-state index contributed by atoms with van der Waals surface area (Å²) in [5, 5.41) is 3.94. The quantitative estimate of drug-likeness (QED) is 0.916. The van der Waals surface area contributed by atoms with E-state index in [0.29, 0.717) is 24.5 Å². The molecule has 0 unspecified atom stereocenters. The third-order valence-corrected chi connectivity index (χ3v) is 4.03. The number of hydrogen-bond acceptors (Lipinski definition) is 4. The molecule has 1 N–H and O–H groups in total. The van der Waals surface area contributed by atoms with Gasteiger partial charge in [0.2, 0.25) is 0 Å². The van der Waals surface area contributed by atoms with Crippen LogP contribution in [-0.4, -0.2) is 30.5 Å². The predicted molar refractivity (Wildman–Crippen MR) is 89.7 cm³/mol. The number of morpholine rings is 1. The van der Waals surface area contributed by atoms with Gasteiger partial charge < -0.3 is 10.1 Å². The van der Waals surface area contributed by atoms with Gasteiger partial charge in [0.25, 0.3) is 0 Å². The average Bonchev–Trinajstić information content (AvgIpc) is 2.56. The van der Waals surface area contributed by atoms with Gasteiger partial charge in [-0.05, 0) is 29.3 Å². The van der Waals surface area contributed by atoms with Crippen LogP contribution >= 0.6 is 11.6 Å². The third kappa shape index (κ3) is 4.61. The molecule has 1 aromatic heterocycles. The second-order valence-electron chi connectivity index (χ2n) is 5.68. The van der Waals surface area contributed by atoms with E-state index in [2.05, 4.69) is 10.3 Å². The van der Waals surface area contributed by atoms with Crippen molar-refractivity contribution >= 4 is 17.4 Å². The Labute approximate surface area is 140 Å². The van der Waals surface area contributed by atoms with Crippen LogP contribution < -0.4 is 5.32 Å². The van der Waals surface area contributed by atoms with Crippen LogP contribution in [0.4, 0.5) is 0 Å². The molecule has 1 saturated heterocycles. The number of hydrogen-bond donors (Lipinski definition) is 1. The van der Waals surface area contributed by atoms with Crippen LogP contribution in [0.5, 0.6) is 0 Å². The maximum atomic E-state index is 12.2. The number of carbonyl (C=O) groups excluding carboxylic acids is 1. The Hall–Kier alpha value is -1.75. The van der Waals surface area contributed by atoms with Gasteiger partial charge in [-0.1, -0.05) is 29.8 Å². The molecule has 1 aromatic carbocycles. The second kappa shape index (κ2) is 7.68. The van der Waals surface area contributed by atoms with Crippen LogP contribution in [-0.2, 0) is 22.4 Å². The van der Waals surface area contributed by atoms with E-state index in [4.69, 9.17) is 16.3 Å². The Morgan fingerprint density at radius 2 is 2.13 bits per heavy atom. The first-order valence-corrected chi connectivity index (χ1v) is 8.12. The highest BCUT2D eigenvalue weighted by Gasteiger charge is 2.16. The SMILES string of the molecule is O=C(Cc1ccc([C@H]2CNCCO2)nc1)Cc1cccc(Cl)c1. The number of aromatic nitrogens is 1. The zero-order valence-corrected chi connectivity index (χ0v) is 13.6. The minimum atomic E-state index is -0.0000350. The molecule has 0 bridgehead atoms. The summed E-state index contributed by atoms with van der Waals surface area (Å²) in [5.74, 6) is 0.150. The highest BCUT2D eigenvalue weighted by Crippen LogP contribution is 2.17. The summed E-state index contributed by atoms with van der Waals surface area (Å²) in [6.07, 6.45) is 2.53. The van der Waals surface area contributed by atoms with Crippen LogP contribution in [0.2, 0.25) is 5.02 Å². The van der Waals surface area contributed by atoms with Gasteiger partial charge in [-0.25, -0.2) is 0 Å². The Bertz CT molecular complexity index is 667. The molecule has 0 radical (unpaired) electrons. The Balaban J connectivity index is 1.58. The lowest BCUT2D eigenvalue weighted by molar-refractivity contribution is -0.117. The number of ketones is 1. The first-order valence-electron chi connectivity index (χ1n) is 7.74. The van der Waals surface area contributed by atoms with Crippen LogP contribution in [0.15, 0.2) is 42.6 Å². The largest absolute Gasteiger partial charge is 0.369 e. The highest BCUT2D eigenvalue weighted by atomic mass is 35.5. The number of nitrogens with zero attached hydrogens (tertiary/aromatic N) is 1. The summed E-state index contributed by atoms with van der Waals surface area (Å²) >= 11 is 5.94. The zero-order chi connectivity index (χ0) is 16.1. The first-order chi connectivity index (χ1) is 11.2. The lowest BCUT2D eigenvalue weighted by atomic mass is 10.0. The molecule has 0 amide bonds. The fraction of sp³-hybridized carbons (Fsp3) is 0.333. The molecule has 2 heterocycles. The monoisotopic (exact) mass is 330 g/mol. The molecule has 0 aliphatic carbocycles. The molecule has 1 fully saturated rings. The summed E-state index contributed by atoms with van der Waals surface area (Å²) in [6, 6.07) is 11.3. The Morgan fingerprint density at radius 3 is 2.83 bits per heavy atom. The Morgan fingerprint density at radius 1 is 1.26 bits per heavy atom. The minimum absolute atomic E-state index is 0.0000350. The van der Waals surface area contributed by atoms with E-state index in [0.717, 1.165) is 29.9 Å². The van der Waals surface area contributed by atoms with Crippen molar-refractivity contribution in [3.8, 4) is 0 Å². The van der Waals surface area contributed by atoms with Crippen molar-refractivity contribution in [2.75, 3.05) is 19.7 Å². The van der Waals surface area contributed by atoms with Crippen LogP contribution in [0, 0.1) is 0 Å². The number of halogens is 1. The molecule has 2 aromatic rings. The van der Waals surface area contributed by atoms with Gasteiger partial charge in [0, 0.05) is 37.2 Å². The summed E-state index contributed by atoms with van der Waals surface area (Å²) in [7, 11) is 0. The number of ether oxygens (including phenoxy) is 1. The van der Waals surface area contributed by atoms with Crippen molar-refractivity contribution in [3.05, 3.63) is 64.4 Å². The summed E-state index contributed by atoms with van der Waals surface area (Å²) in [6.45, 7) is 2.36. The van der Waals surface area contributed by atoms with Gasteiger partial charge in [-0.3, -0.25) is 9.78 Å². The van der Waals surface area contributed by atoms with Crippen molar-refractivity contribution in [1.29, 1.82) is 0 Å². The summed E-state index contributed by atoms with van der Waals surface area (Å²) in [4.78, 5) is 16.6. The molecule has 120 valence electrons. The van der Waals surface area contributed by atoms with Crippen molar-refractivity contribution < 1.29 is 9.53 Å². The standard InChI is InChI=1S/C18H19ClN2O2/c19-15-3-1-2-13(8-15)9-16(22)10-14-4-5-17(21-11-14)18-12-20-6-7-23-18/h1-5,8,11,18,20H,6-7,9-10,12H2/t18-/m1/s1. The molecule has 23 heavy (non-hydrogen) atoms. The average molecular weight is 331 g/mol. The van der Waals surface area contributed by atoms with Gasteiger partial charge >= 0.3 is 0 Å². The maximum absolute atomic E-state index is 12.2.